The summed E-state index contributed by atoms with van der Waals surface area (Å²) in [7, 11) is 0. The van der Waals surface area contributed by atoms with E-state index < -0.39 is 5.97 Å². The van der Waals surface area contributed by atoms with Crippen LogP contribution in [0.15, 0.2) is 18.2 Å². The first-order chi connectivity index (χ1) is 7.15. The number of ether oxygens (including phenoxy) is 1. The molecule has 0 aliphatic carbocycles. The van der Waals surface area contributed by atoms with Crippen LogP contribution in [0.3, 0.4) is 0 Å². The van der Waals surface area contributed by atoms with E-state index in [1.165, 1.54) is 12.1 Å². The summed E-state index contributed by atoms with van der Waals surface area (Å²) in [6, 6.07) is 4.43. The maximum Gasteiger partial charge on any atom is 0.339 e. The van der Waals surface area contributed by atoms with E-state index in [1.54, 1.807) is 13.0 Å². The second-order valence-electron chi connectivity index (χ2n) is 2.66. The number of hydrogen-bond acceptors (Lipinski definition) is 2. The van der Waals surface area contributed by atoms with Gasteiger partial charge in [-0.15, -0.1) is 5.92 Å². The van der Waals surface area contributed by atoms with E-state index in [4.69, 9.17) is 21.4 Å². The summed E-state index contributed by atoms with van der Waals surface area (Å²) in [5, 5.41) is 9.23. The highest BCUT2D eigenvalue weighted by molar-refractivity contribution is 6.31. The van der Waals surface area contributed by atoms with Crippen molar-refractivity contribution in [2.45, 2.75) is 6.92 Å². The second kappa shape index (κ2) is 5.28. The molecule has 0 amide bonds. The van der Waals surface area contributed by atoms with E-state index in [0.717, 1.165) is 0 Å². The largest absolute Gasteiger partial charge is 0.480 e. The molecule has 0 aromatic heterocycles. The van der Waals surface area contributed by atoms with E-state index in [9.17, 15) is 4.79 Å². The Bertz CT molecular complexity index is 429. The van der Waals surface area contributed by atoms with Crippen LogP contribution in [0.2, 0.25) is 5.02 Å². The van der Waals surface area contributed by atoms with Gasteiger partial charge in [0.05, 0.1) is 0 Å². The minimum atomic E-state index is -1.07. The molecule has 0 heterocycles. The number of carbonyl (C=O) groups is 1. The summed E-state index contributed by atoms with van der Waals surface area (Å²) in [5.41, 5.74) is 0.0420. The van der Waals surface area contributed by atoms with Crippen LogP contribution in [-0.4, -0.2) is 17.7 Å². The molecule has 1 aromatic rings. The number of benzene rings is 1. The molecule has 3 nitrogen and oxygen atoms in total. The highest BCUT2D eigenvalue weighted by Gasteiger charge is 2.11. The second-order valence-corrected chi connectivity index (χ2v) is 3.10. The molecule has 0 fully saturated rings. The minimum absolute atomic E-state index is 0.0420. The SMILES string of the molecule is CC#CCOc1ccc(Cl)cc1C(=O)O. The summed E-state index contributed by atoms with van der Waals surface area (Å²) < 4.78 is 5.18. The lowest BCUT2D eigenvalue weighted by Gasteiger charge is -2.06. The number of carboxylic acid groups (broad SMARTS) is 1. The van der Waals surface area contributed by atoms with Gasteiger partial charge in [0.1, 0.15) is 17.9 Å². The highest BCUT2D eigenvalue weighted by atomic mass is 35.5. The summed E-state index contributed by atoms with van der Waals surface area (Å²) in [5.74, 6) is 4.53. The van der Waals surface area contributed by atoms with Gasteiger partial charge in [0, 0.05) is 5.02 Å². The van der Waals surface area contributed by atoms with Crippen molar-refractivity contribution < 1.29 is 14.6 Å². The van der Waals surface area contributed by atoms with E-state index >= 15 is 0 Å². The molecule has 0 radical (unpaired) electrons. The van der Waals surface area contributed by atoms with E-state index in [0.29, 0.717) is 5.02 Å². The molecular weight excluding hydrogens is 216 g/mol. The van der Waals surface area contributed by atoms with Gasteiger partial charge in [-0.05, 0) is 25.1 Å². The van der Waals surface area contributed by atoms with E-state index in [-0.39, 0.29) is 17.9 Å². The first-order valence-corrected chi connectivity index (χ1v) is 4.58. The molecular formula is C11H9ClO3. The monoisotopic (exact) mass is 224 g/mol. The highest BCUT2D eigenvalue weighted by Crippen LogP contribution is 2.22. The summed E-state index contributed by atoms with van der Waals surface area (Å²) in [4.78, 5) is 10.8. The lowest BCUT2D eigenvalue weighted by molar-refractivity contribution is 0.0693. The number of aromatic carboxylic acids is 1. The number of carboxylic acids is 1. The van der Waals surface area contributed by atoms with Crippen molar-refractivity contribution in [2.75, 3.05) is 6.61 Å². The molecule has 0 aliphatic rings. The third-order valence-electron chi connectivity index (χ3n) is 1.65. The van der Waals surface area contributed by atoms with Crippen LogP contribution >= 0.6 is 11.6 Å². The summed E-state index contributed by atoms with van der Waals surface area (Å²) >= 11 is 5.68. The van der Waals surface area contributed by atoms with Crippen molar-refractivity contribution in [3.63, 3.8) is 0 Å². The first-order valence-electron chi connectivity index (χ1n) is 4.20. The number of halogens is 1. The van der Waals surface area contributed by atoms with Gasteiger partial charge in [0.15, 0.2) is 0 Å². The van der Waals surface area contributed by atoms with Crippen LogP contribution in [0, 0.1) is 11.8 Å². The Morgan fingerprint density at radius 3 is 2.93 bits per heavy atom. The third-order valence-corrected chi connectivity index (χ3v) is 1.88. The standard InChI is InChI=1S/C11H9ClO3/c1-2-3-6-15-10-5-4-8(12)7-9(10)11(13)14/h4-5,7H,6H2,1H3,(H,13,14). The quantitative estimate of drug-likeness (QED) is 0.803. The number of rotatable bonds is 3. The Morgan fingerprint density at radius 1 is 1.60 bits per heavy atom. The predicted octanol–water partition coefficient (Wildman–Crippen LogP) is 2.44. The van der Waals surface area contributed by atoms with Crippen molar-refractivity contribution in [3.8, 4) is 17.6 Å². The van der Waals surface area contributed by atoms with Gasteiger partial charge in [-0.2, -0.15) is 0 Å². The Hall–Kier alpha value is -1.66. The molecule has 1 rings (SSSR count). The average molecular weight is 225 g/mol. The Kier molecular flexibility index (Phi) is 4.02. The van der Waals surface area contributed by atoms with Crippen LogP contribution in [0.4, 0.5) is 0 Å². The fourth-order valence-electron chi connectivity index (χ4n) is 0.981. The van der Waals surface area contributed by atoms with Crippen LogP contribution in [0.1, 0.15) is 17.3 Å². The zero-order chi connectivity index (χ0) is 11.3. The molecule has 0 saturated heterocycles. The minimum Gasteiger partial charge on any atom is -0.480 e. The van der Waals surface area contributed by atoms with Gasteiger partial charge < -0.3 is 9.84 Å². The van der Waals surface area contributed by atoms with Crippen molar-refractivity contribution in [1.29, 1.82) is 0 Å². The molecule has 1 aromatic carbocycles. The molecule has 0 spiro atoms. The van der Waals surface area contributed by atoms with Crippen LogP contribution in [0.5, 0.6) is 5.75 Å². The van der Waals surface area contributed by atoms with E-state index in [2.05, 4.69) is 11.8 Å². The lowest BCUT2D eigenvalue weighted by atomic mass is 10.2. The molecule has 0 aliphatic heterocycles. The Labute approximate surface area is 92.6 Å². The Morgan fingerprint density at radius 2 is 2.33 bits per heavy atom. The van der Waals surface area contributed by atoms with Gasteiger partial charge >= 0.3 is 5.97 Å². The van der Waals surface area contributed by atoms with Gasteiger partial charge in [0.25, 0.3) is 0 Å². The third kappa shape index (κ3) is 3.19. The smallest absolute Gasteiger partial charge is 0.339 e. The molecule has 1 N–H and O–H groups in total. The molecule has 0 bridgehead atoms. The van der Waals surface area contributed by atoms with Crippen molar-refractivity contribution in [2.24, 2.45) is 0 Å². The maximum absolute atomic E-state index is 10.8. The normalized spacial score (nSPS) is 8.93. The molecule has 78 valence electrons. The fourth-order valence-corrected chi connectivity index (χ4v) is 1.15. The van der Waals surface area contributed by atoms with Crippen LogP contribution in [-0.2, 0) is 0 Å². The van der Waals surface area contributed by atoms with Crippen molar-refractivity contribution >= 4 is 17.6 Å². The zero-order valence-electron chi connectivity index (χ0n) is 8.08. The van der Waals surface area contributed by atoms with Gasteiger partial charge in [-0.1, -0.05) is 17.5 Å². The van der Waals surface area contributed by atoms with Gasteiger partial charge in [-0.25, -0.2) is 4.79 Å². The molecule has 0 saturated carbocycles. The lowest BCUT2D eigenvalue weighted by Crippen LogP contribution is -2.03. The van der Waals surface area contributed by atoms with Gasteiger partial charge in [0.2, 0.25) is 0 Å². The van der Waals surface area contributed by atoms with Crippen molar-refractivity contribution in [1.82, 2.24) is 0 Å². The summed E-state index contributed by atoms with van der Waals surface area (Å²) in [6.07, 6.45) is 0. The Balaban J connectivity index is 2.94. The first kappa shape index (κ1) is 11.4. The van der Waals surface area contributed by atoms with Gasteiger partial charge in [-0.3, -0.25) is 0 Å². The zero-order valence-corrected chi connectivity index (χ0v) is 8.84. The summed E-state index contributed by atoms with van der Waals surface area (Å²) in [6.45, 7) is 1.85. The predicted molar refractivity (Wildman–Crippen MR) is 57.4 cm³/mol. The molecule has 0 unspecified atom stereocenters. The van der Waals surface area contributed by atoms with Crippen LogP contribution in [0.25, 0.3) is 0 Å². The molecule has 15 heavy (non-hydrogen) atoms. The molecule has 4 heteroatoms. The van der Waals surface area contributed by atoms with Crippen LogP contribution < -0.4 is 4.74 Å². The fraction of sp³-hybridized carbons (Fsp3) is 0.182. The maximum atomic E-state index is 10.8. The van der Waals surface area contributed by atoms with E-state index in [1.807, 2.05) is 0 Å². The number of hydrogen-bond donors (Lipinski definition) is 1. The van der Waals surface area contributed by atoms with Crippen molar-refractivity contribution in [3.05, 3.63) is 28.8 Å². The topological polar surface area (TPSA) is 46.5 Å². The molecule has 0 atom stereocenters. The average Bonchev–Trinajstić information content (AvgIpc) is 2.20.